The SMILES string of the molecule is CCCCCCCCCCCCCCCCOc1ccc(C(=O)Nc2ccc(N(c3ccc(NC(=O)c4ccc(OCCCCCCCCCCCCCCCC)cc4)cc3)c3ccc(NC(=O)c4ccc(OCCCCCCCCCCCCCCCC)cc4)cc3)cc2)cc1. The molecule has 6 aromatic rings. The minimum absolute atomic E-state index is 0.210. The van der Waals surface area contributed by atoms with Crippen LogP contribution in [0.4, 0.5) is 34.1 Å². The van der Waals surface area contributed by atoms with E-state index < -0.39 is 0 Å². The van der Waals surface area contributed by atoms with E-state index in [4.69, 9.17) is 14.2 Å². The van der Waals surface area contributed by atoms with Gasteiger partial charge in [-0.25, -0.2) is 0 Å². The Labute approximate surface area is 588 Å². The van der Waals surface area contributed by atoms with Crippen LogP contribution < -0.4 is 35.1 Å². The van der Waals surface area contributed by atoms with Gasteiger partial charge in [-0.2, -0.15) is 0 Å². The van der Waals surface area contributed by atoms with Crippen molar-refractivity contribution in [1.29, 1.82) is 0 Å². The molecular weight excluding hydrogens is 1200 g/mol. The maximum Gasteiger partial charge on any atom is 0.255 e. The molecule has 0 aromatic heterocycles. The van der Waals surface area contributed by atoms with Crippen LogP contribution in [0.15, 0.2) is 146 Å². The van der Waals surface area contributed by atoms with Crippen LogP contribution in [0.5, 0.6) is 17.2 Å². The van der Waals surface area contributed by atoms with Crippen LogP contribution in [0, 0.1) is 0 Å². The predicted octanol–water partition coefficient (Wildman–Crippen LogP) is 26.5. The van der Waals surface area contributed by atoms with Crippen molar-refractivity contribution in [3.8, 4) is 17.2 Å². The maximum absolute atomic E-state index is 13.5. The van der Waals surface area contributed by atoms with Crippen molar-refractivity contribution >= 4 is 51.8 Å². The van der Waals surface area contributed by atoms with Crippen molar-refractivity contribution in [3.05, 3.63) is 162 Å². The van der Waals surface area contributed by atoms with Crippen LogP contribution in [0.2, 0.25) is 0 Å². The molecule has 0 atom stereocenters. The average Bonchev–Trinajstić information content (AvgIpc) is 0.825. The summed E-state index contributed by atoms with van der Waals surface area (Å²) in [5.74, 6) is 1.67. The zero-order valence-electron chi connectivity index (χ0n) is 60.6. The summed E-state index contributed by atoms with van der Waals surface area (Å²) in [4.78, 5) is 42.7. The summed E-state index contributed by atoms with van der Waals surface area (Å²) in [6, 6.07) is 45.3. The number of carbonyl (C=O) groups is 3. The topological polar surface area (TPSA) is 118 Å². The molecule has 0 fully saturated rings. The van der Waals surface area contributed by atoms with Crippen LogP contribution in [-0.2, 0) is 0 Å². The molecule has 6 aromatic carbocycles. The van der Waals surface area contributed by atoms with Gasteiger partial charge in [0, 0.05) is 50.8 Å². The Kier molecular flexibility index (Phi) is 41.6. The highest BCUT2D eigenvalue weighted by Crippen LogP contribution is 2.37. The summed E-state index contributed by atoms with van der Waals surface area (Å²) >= 11 is 0. The van der Waals surface area contributed by atoms with Gasteiger partial charge in [0.15, 0.2) is 0 Å². The lowest BCUT2D eigenvalue weighted by Crippen LogP contribution is -2.14. The van der Waals surface area contributed by atoms with Crippen LogP contribution in [0.25, 0.3) is 0 Å². The average molecular weight is 1320 g/mol. The minimum Gasteiger partial charge on any atom is -0.494 e. The van der Waals surface area contributed by atoms with Gasteiger partial charge in [0.1, 0.15) is 17.2 Å². The molecule has 0 unspecified atom stereocenters. The van der Waals surface area contributed by atoms with Gasteiger partial charge in [0.25, 0.3) is 17.7 Å². The molecule has 0 saturated heterocycles. The fourth-order valence-electron chi connectivity index (χ4n) is 12.7. The number of unbranched alkanes of at least 4 members (excludes halogenated alkanes) is 39. The molecular formula is C87H126N4O6. The largest absolute Gasteiger partial charge is 0.494 e. The van der Waals surface area contributed by atoms with E-state index in [9.17, 15) is 14.4 Å². The van der Waals surface area contributed by atoms with E-state index in [1.54, 1.807) is 0 Å². The fraction of sp³-hybridized carbons (Fsp3) is 0.552. The molecule has 0 radical (unpaired) electrons. The molecule has 0 aliphatic heterocycles. The number of ether oxygens (including phenoxy) is 3. The second kappa shape index (κ2) is 51.2. The van der Waals surface area contributed by atoms with Crippen molar-refractivity contribution in [1.82, 2.24) is 0 Å². The number of benzene rings is 6. The monoisotopic (exact) mass is 1320 g/mol. The van der Waals surface area contributed by atoms with E-state index in [0.29, 0.717) is 53.6 Å². The van der Waals surface area contributed by atoms with Gasteiger partial charge in [0.05, 0.1) is 19.8 Å². The zero-order valence-corrected chi connectivity index (χ0v) is 60.6. The summed E-state index contributed by atoms with van der Waals surface area (Å²) in [7, 11) is 0. The van der Waals surface area contributed by atoms with Crippen LogP contribution in [0.1, 0.15) is 322 Å². The van der Waals surface area contributed by atoms with Gasteiger partial charge in [-0.15, -0.1) is 0 Å². The van der Waals surface area contributed by atoms with Gasteiger partial charge >= 0.3 is 0 Å². The molecule has 0 heterocycles. The van der Waals surface area contributed by atoms with Crippen molar-refractivity contribution in [2.24, 2.45) is 0 Å². The molecule has 10 nitrogen and oxygen atoms in total. The number of nitrogens with zero attached hydrogens (tertiary/aromatic N) is 1. The summed E-state index contributed by atoms with van der Waals surface area (Å²) in [6.07, 6.45) is 55.5. The van der Waals surface area contributed by atoms with Crippen molar-refractivity contribution in [3.63, 3.8) is 0 Å². The summed E-state index contributed by atoms with van der Waals surface area (Å²) in [6.45, 7) is 8.85. The molecule has 530 valence electrons. The Morgan fingerprint density at radius 1 is 0.237 bits per heavy atom. The van der Waals surface area contributed by atoms with Gasteiger partial charge in [-0.3, -0.25) is 14.4 Å². The number of anilines is 6. The van der Waals surface area contributed by atoms with E-state index in [1.807, 2.05) is 146 Å². The zero-order chi connectivity index (χ0) is 68.3. The smallest absolute Gasteiger partial charge is 0.255 e. The van der Waals surface area contributed by atoms with E-state index in [2.05, 4.69) is 41.6 Å². The van der Waals surface area contributed by atoms with Gasteiger partial charge in [0.2, 0.25) is 0 Å². The lowest BCUT2D eigenvalue weighted by Gasteiger charge is -2.26. The first-order valence-corrected chi connectivity index (χ1v) is 39.1. The van der Waals surface area contributed by atoms with E-state index in [1.165, 1.54) is 250 Å². The van der Waals surface area contributed by atoms with Gasteiger partial charge < -0.3 is 35.1 Å². The Balaban J connectivity index is 0.971. The highest BCUT2D eigenvalue weighted by atomic mass is 16.5. The van der Waals surface area contributed by atoms with Crippen LogP contribution in [0.3, 0.4) is 0 Å². The Morgan fingerprint density at radius 2 is 0.412 bits per heavy atom. The normalized spacial score (nSPS) is 11.2. The molecule has 6 rings (SSSR count). The number of nitrogens with one attached hydrogen (secondary N) is 3. The highest BCUT2D eigenvalue weighted by molar-refractivity contribution is 6.06. The number of rotatable bonds is 57. The van der Waals surface area contributed by atoms with E-state index >= 15 is 0 Å². The van der Waals surface area contributed by atoms with Gasteiger partial charge in [-0.05, 0) is 165 Å². The lowest BCUT2D eigenvalue weighted by atomic mass is 10.0. The first-order chi connectivity index (χ1) is 47.8. The van der Waals surface area contributed by atoms with Crippen molar-refractivity contribution in [2.75, 3.05) is 40.7 Å². The quantitative estimate of drug-likeness (QED) is 0.0326. The molecule has 0 spiro atoms. The fourth-order valence-corrected chi connectivity index (χ4v) is 12.7. The third kappa shape index (κ3) is 34.3. The molecule has 3 N–H and O–H groups in total. The third-order valence-corrected chi connectivity index (χ3v) is 18.8. The molecule has 0 aliphatic rings. The van der Waals surface area contributed by atoms with Gasteiger partial charge in [-0.1, -0.05) is 271 Å². The summed E-state index contributed by atoms with van der Waals surface area (Å²) < 4.78 is 18.2. The van der Waals surface area contributed by atoms with E-state index in [-0.39, 0.29) is 17.7 Å². The Hall–Kier alpha value is -7.07. The first kappa shape index (κ1) is 78.9. The highest BCUT2D eigenvalue weighted by Gasteiger charge is 2.17. The molecule has 10 heteroatoms. The molecule has 97 heavy (non-hydrogen) atoms. The Morgan fingerprint density at radius 3 is 0.598 bits per heavy atom. The molecule has 3 amide bonds. The summed E-state index contributed by atoms with van der Waals surface area (Å²) in [5.41, 5.74) is 6.10. The van der Waals surface area contributed by atoms with Crippen LogP contribution >= 0.6 is 0 Å². The minimum atomic E-state index is -0.210. The second-order valence-corrected chi connectivity index (χ2v) is 27.2. The lowest BCUT2D eigenvalue weighted by molar-refractivity contribution is 0.101. The third-order valence-electron chi connectivity index (χ3n) is 18.8. The molecule has 0 aliphatic carbocycles. The number of carbonyl (C=O) groups excluding carboxylic acids is 3. The van der Waals surface area contributed by atoms with Crippen molar-refractivity contribution in [2.45, 2.75) is 290 Å². The second-order valence-electron chi connectivity index (χ2n) is 27.2. The summed E-state index contributed by atoms with van der Waals surface area (Å²) in [5, 5.41) is 9.22. The predicted molar refractivity (Wildman–Crippen MR) is 412 cm³/mol. The molecule has 0 bridgehead atoms. The number of hydrogen-bond donors (Lipinski definition) is 3. The van der Waals surface area contributed by atoms with Crippen molar-refractivity contribution < 1.29 is 28.6 Å². The number of amides is 3. The number of hydrogen-bond acceptors (Lipinski definition) is 7. The van der Waals surface area contributed by atoms with E-state index in [0.717, 1.165) is 53.6 Å². The standard InChI is InChI=1S/C87H126N4O6/c1-4-7-10-13-16-19-22-25-28-31-34-37-40-43-70-95-82-64-46-73(47-65-82)85(92)88-76-52-58-79(59-53-76)91(80-60-54-77(55-61-80)89-86(93)74-48-66-83(67-49-74)96-71-44-41-38-35-32-29-26-23-20-17-14-11-8-5-2)81-62-56-78(57-63-81)90-87(94)75-50-68-84(69-51-75)97-72-45-42-39-36-33-30-27-24-21-18-15-12-9-6-3/h46-69H,4-45,70-72H2,1-3H3,(H,88,92)(H,89,93)(H,90,94). The maximum atomic E-state index is 13.5. The Bertz CT molecular complexity index is 2630. The first-order valence-electron chi connectivity index (χ1n) is 39.1. The molecule has 0 saturated carbocycles. The van der Waals surface area contributed by atoms with Crippen LogP contribution in [-0.4, -0.2) is 37.5 Å².